The molecule has 1 unspecified atom stereocenters. The second kappa shape index (κ2) is 4.87. The lowest BCUT2D eigenvalue weighted by Crippen LogP contribution is -2.27. The minimum Gasteiger partial charge on any atom is -0.489 e. The van der Waals surface area contributed by atoms with Crippen LogP contribution in [0.3, 0.4) is 0 Å². The zero-order chi connectivity index (χ0) is 15.3. The third-order valence-electron chi connectivity index (χ3n) is 3.64. The van der Waals surface area contributed by atoms with Gasteiger partial charge in [0.25, 0.3) is 0 Å². The van der Waals surface area contributed by atoms with Crippen LogP contribution in [0.15, 0.2) is 6.20 Å². The van der Waals surface area contributed by atoms with Crippen molar-refractivity contribution >= 4 is 17.3 Å². The fourth-order valence-corrected chi connectivity index (χ4v) is 2.89. The van der Waals surface area contributed by atoms with Crippen molar-refractivity contribution in [3.8, 4) is 17.0 Å². The number of anilines is 1. The van der Waals surface area contributed by atoms with Gasteiger partial charge in [-0.3, -0.25) is 0 Å². The number of rotatable bonds is 2. The van der Waals surface area contributed by atoms with Crippen molar-refractivity contribution in [2.45, 2.75) is 32.9 Å². The van der Waals surface area contributed by atoms with Gasteiger partial charge in [0.15, 0.2) is 5.15 Å². The van der Waals surface area contributed by atoms with E-state index in [-0.39, 0.29) is 12.1 Å². The van der Waals surface area contributed by atoms with Crippen LogP contribution in [0.5, 0.6) is 5.75 Å². The van der Waals surface area contributed by atoms with Crippen molar-refractivity contribution in [2.24, 2.45) is 7.05 Å². The van der Waals surface area contributed by atoms with Crippen molar-refractivity contribution in [1.29, 1.82) is 0 Å². The molecule has 0 aromatic carbocycles. The van der Waals surface area contributed by atoms with Gasteiger partial charge in [0, 0.05) is 14.1 Å². The van der Waals surface area contributed by atoms with Crippen LogP contribution in [-0.4, -0.2) is 33.1 Å². The second-order valence-electron chi connectivity index (χ2n) is 5.51. The molecule has 1 atom stereocenters. The highest BCUT2D eigenvalue weighted by atomic mass is 35.5. The molecule has 2 aromatic heterocycles. The van der Waals surface area contributed by atoms with Crippen molar-refractivity contribution < 1.29 is 4.74 Å². The number of hydrogen-bond acceptors (Lipinski definition) is 5. The first-order valence-electron chi connectivity index (χ1n) is 6.89. The topological polar surface area (TPSA) is 56.1 Å². The Morgan fingerprint density at radius 3 is 2.67 bits per heavy atom. The van der Waals surface area contributed by atoms with E-state index in [0.717, 1.165) is 22.6 Å². The van der Waals surface area contributed by atoms with Crippen LogP contribution < -0.4 is 9.64 Å². The van der Waals surface area contributed by atoms with Crippen LogP contribution in [0.2, 0.25) is 5.15 Å². The summed E-state index contributed by atoms with van der Waals surface area (Å²) in [6.07, 6.45) is 1.70. The molecule has 1 aliphatic heterocycles. The first-order chi connectivity index (χ1) is 9.90. The molecule has 0 bridgehead atoms. The molecule has 0 saturated carbocycles. The van der Waals surface area contributed by atoms with Crippen molar-refractivity contribution in [1.82, 2.24) is 20.0 Å². The largest absolute Gasteiger partial charge is 0.489 e. The third-order valence-corrected chi connectivity index (χ3v) is 3.92. The molecule has 0 amide bonds. The van der Waals surface area contributed by atoms with E-state index in [1.807, 2.05) is 27.9 Å². The molecule has 6 nitrogen and oxygen atoms in total. The predicted molar refractivity (Wildman–Crippen MR) is 81.8 cm³/mol. The maximum atomic E-state index is 6.32. The molecular weight excluding hydrogens is 290 g/mol. The predicted octanol–water partition coefficient (Wildman–Crippen LogP) is 2.83. The number of fused-ring (bicyclic) bond motifs is 3. The van der Waals surface area contributed by atoms with Crippen LogP contribution in [0, 0.1) is 0 Å². The van der Waals surface area contributed by atoms with E-state index >= 15 is 0 Å². The molecule has 0 radical (unpaired) electrons. The Kier molecular flexibility index (Phi) is 3.28. The second-order valence-corrected chi connectivity index (χ2v) is 5.87. The summed E-state index contributed by atoms with van der Waals surface area (Å²) in [6.45, 7) is 6.03. The van der Waals surface area contributed by atoms with E-state index in [1.165, 1.54) is 0 Å². The first-order valence-corrected chi connectivity index (χ1v) is 7.27. The van der Waals surface area contributed by atoms with Gasteiger partial charge in [-0.25, -0.2) is 4.98 Å². The molecule has 3 heterocycles. The Morgan fingerprint density at radius 1 is 1.29 bits per heavy atom. The highest BCUT2D eigenvalue weighted by Crippen LogP contribution is 2.49. The summed E-state index contributed by atoms with van der Waals surface area (Å²) in [4.78, 5) is 7.90. The van der Waals surface area contributed by atoms with Gasteiger partial charge in [-0.15, -0.1) is 0 Å². The Hall–Kier alpha value is -1.82. The molecule has 112 valence electrons. The van der Waals surface area contributed by atoms with Crippen molar-refractivity contribution in [3.63, 3.8) is 0 Å². The van der Waals surface area contributed by atoms with E-state index in [9.17, 15) is 0 Å². The summed E-state index contributed by atoms with van der Waals surface area (Å²) in [5, 5.41) is 9.43. The van der Waals surface area contributed by atoms with Gasteiger partial charge in [-0.1, -0.05) is 11.6 Å². The van der Waals surface area contributed by atoms with Crippen molar-refractivity contribution in [2.75, 3.05) is 11.9 Å². The van der Waals surface area contributed by atoms with Crippen molar-refractivity contribution in [3.05, 3.63) is 17.0 Å². The highest BCUT2D eigenvalue weighted by Gasteiger charge is 2.34. The van der Waals surface area contributed by atoms with Gasteiger partial charge < -0.3 is 9.64 Å². The van der Waals surface area contributed by atoms with E-state index in [0.29, 0.717) is 10.9 Å². The third kappa shape index (κ3) is 2.14. The number of aromatic nitrogens is 4. The van der Waals surface area contributed by atoms with E-state index in [2.05, 4.69) is 27.0 Å². The molecule has 0 spiro atoms. The number of ether oxygens (including phenoxy) is 1. The molecule has 1 aliphatic rings. The maximum absolute atomic E-state index is 6.32. The zero-order valence-electron chi connectivity index (χ0n) is 12.8. The van der Waals surface area contributed by atoms with Gasteiger partial charge in [0.2, 0.25) is 0 Å². The molecule has 0 saturated heterocycles. The van der Waals surface area contributed by atoms with Gasteiger partial charge in [0.05, 0.1) is 29.6 Å². The summed E-state index contributed by atoms with van der Waals surface area (Å²) < 4.78 is 5.89. The first kappa shape index (κ1) is 14.1. The van der Waals surface area contributed by atoms with Crippen LogP contribution in [0.4, 0.5) is 5.69 Å². The minimum atomic E-state index is 0.0434. The fourth-order valence-electron chi connectivity index (χ4n) is 2.61. The molecular formula is C14H18ClN5O. The quantitative estimate of drug-likeness (QED) is 0.799. The number of hydrogen-bond donors (Lipinski definition) is 0. The van der Waals surface area contributed by atoms with Crippen LogP contribution in [0.1, 0.15) is 32.5 Å². The van der Waals surface area contributed by atoms with E-state index in [1.54, 1.807) is 11.0 Å². The summed E-state index contributed by atoms with van der Waals surface area (Å²) in [6, 6.07) is 0.0785. The summed E-state index contributed by atoms with van der Waals surface area (Å²) in [5.41, 5.74) is 3.45. The van der Waals surface area contributed by atoms with Gasteiger partial charge in [-0.05, 0) is 20.8 Å². The monoisotopic (exact) mass is 307 g/mol. The summed E-state index contributed by atoms with van der Waals surface area (Å²) in [7, 11) is 3.80. The lowest BCUT2D eigenvalue weighted by molar-refractivity contribution is 0.242. The lowest BCUT2D eigenvalue weighted by Gasteiger charge is -2.33. The molecule has 7 heteroatoms. The smallest absolute Gasteiger partial charge is 0.153 e. The average molecular weight is 308 g/mol. The number of aryl methyl sites for hydroxylation is 1. The Balaban J connectivity index is 2.30. The minimum absolute atomic E-state index is 0.0434. The van der Waals surface area contributed by atoms with Crippen LogP contribution >= 0.6 is 11.6 Å². The summed E-state index contributed by atoms with van der Waals surface area (Å²) in [5.74, 6) is 0.685. The molecule has 2 aromatic rings. The van der Waals surface area contributed by atoms with Gasteiger partial charge in [-0.2, -0.15) is 15.0 Å². The molecule has 3 rings (SSSR count). The van der Waals surface area contributed by atoms with Crippen LogP contribution in [-0.2, 0) is 7.05 Å². The molecule has 0 aliphatic carbocycles. The van der Waals surface area contributed by atoms with Crippen LogP contribution in [0.25, 0.3) is 11.3 Å². The van der Waals surface area contributed by atoms with Gasteiger partial charge in [0.1, 0.15) is 17.1 Å². The standard InChI is InChI=1S/C14H18ClN5O/c1-7(2)21-9-6-16-14(15)13-10(9)12-11(8(3)19(13)4)17-20(5)18-12/h6-8H,1-5H3. The number of nitrogens with zero attached hydrogens (tertiary/aromatic N) is 5. The molecule has 0 fully saturated rings. The zero-order valence-corrected chi connectivity index (χ0v) is 13.5. The van der Waals surface area contributed by atoms with E-state index in [4.69, 9.17) is 16.3 Å². The van der Waals surface area contributed by atoms with Gasteiger partial charge >= 0.3 is 0 Å². The SMILES string of the molecule is CC(C)Oc1cnc(Cl)c2c1-c1nn(C)nc1C(C)N2C. The molecule has 21 heavy (non-hydrogen) atoms. The lowest BCUT2D eigenvalue weighted by atomic mass is 9.98. The Morgan fingerprint density at radius 2 is 2.00 bits per heavy atom. The highest BCUT2D eigenvalue weighted by molar-refractivity contribution is 6.33. The average Bonchev–Trinajstić information content (AvgIpc) is 2.79. The summed E-state index contributed by atoms with van der Waals surface area (Å²) >= 11 is 6.32. The fraction of sp³-hybridized carbons (Fsp3) is 0.500. The Bertz CT molecular complexity index is 697. The molecule has 0 N–H and O–H groups in total. The number of pyridine rings is 1. The maximum Gasteiger partial charge on any atom is 0.153 e. The van der Waals surface area contributed by atoms with E-state index < -0.39 is 0 Å². The normalized spacial score (nSPS) is 16.9. The Labute approximate surface area is 128 Å². The number of halogens is 1.